The van der Waals surface area contributed by atoms with Crippen LogP contribution in [-0.2, 0) is 21.0 Å². The van der Waals surface area contributed by atoms with Crippen LogP contribution in [0.3, 0.4) is 0 Å². The molecule has 0 spiro atoms. The van der Waals surface area contributed by atoms with Crippen LogP contribution >= 0.6 is 0 Å². The average Bonchev–Trinajstić information content (AvgIpc) is 2.58. The predicted octanol–water partition coefficient (Wildman–Crippen LogP) is 2.49. The molecular weight excluding hydrogens is 296 g/mol. The van der Waals surface area contributed by atoms with E-state index in [9.17, 15) is 4.79 Å². The molecule has 1 aromatic carbocycles. The lowest BCUT2D eigenvalue weighted by Gasteiger charge is -2.11. The molecule has 0 amide bonds. The Morgan fingerprint density at radius 3 is 2.61 bits per heavy atom. The van der Waals surface area contributed by atoms with Crippen LogP contribution in [0.2, 0.25) is 0 Å². The monoisotopic (exact) mass is 314 g/mol. The van der Waals surface area contributed by atoms with E-state index in [0.29, 0.717) is 11.4 Å². The van der Waals surface area contributed by atoms with E-state index in [-0.39, 0.29) is 12.3 Å². The maximum Gasteiger partial charge on any atom is 0.360 e. The Bertz CT molecular complexity index is 713. The van der Waals surface area contributed by atoms with Crippen molar-refractivity contribution in [2.45, 2.75) is 13.5 Å². The van der Waals surface area contributed by atoms with Crippen molar-refractivity contribution in [3.63, 3.8) is 0 Å². The molecule has 0 saturated carbocycles. The van der Waals surface area contributed by atoms with Gasteiger partial charge in [-0.05, 0) is 18.6 Å². The summed E-state index contributed by atoms with van der Waals surface area (Å²) in [6, 6.07) is 12.8. The van der Waals surface area contributed by atoms with E-state index in [1.165, 1.54) is 14.2 Å². The fraction of sp³-hybridized carbons (Fsp3) is 0.235. The van der Waals surface area contributed by atoms with Gasteiger partial charge in [-0.1, -0.05) is 35.5 Å². The Morgan fingerprint density at radius 2 is 1.91 bits per heavy atom. The summed E-state index contributed by atoms with van der Waals surface area (Å²) in [5.41, 5.74) is 2.32. The summed E-state index contributed by atoms with van der Waals surface area (Å²) in [5.74, 6) is -0.0592. The van der Waals surface area contributed by atoms with Crippen molar-refractivity contribution in [2.24, 2.45) is 5.16 Å². The number of benzene rings is 1. The second-order valence-electron chi connectivity index (χ2n) is 4.68. The maximum absolute atomic E-state index is 11.9. The minimum atomic E-state index is -0.576. The van der Waals surface area contributed by atoms with E-state index in [2.05, 4.69) is 10.1 Å². The first-order valence-corrected chi connectivity index (χ1v) is 7.00. The summed E-state index contributed by atoms with van der Waals surface area (Å²) in [4.78, 5) is 20.9. The third kappa shape index (κ3) is 4.29. The van der Waals surface area contributed by atoms with Gasteiger partial charge in [-0.25, -0.2) is 9.78 Å². The summed E-state index contributed by atoms with van der Waals surface area (Å²) in [5, 5.41) is 3.77. The van der Waals surface area contributed by atoms with E-state index in [4.69, 9.17) is 14.3 Å². The van der Waals surface area contributed by atoms with E-state index >= 15 is 0 Å². The lowest BCUT2D eigenvalue weighted by Crippen LogP contribution is -2.19. The fourth-order valence-corrected chi connectivity index (χ4v) is 2.01. The van der Waals surface area contributed by atoms with Gasteiger partial charge in [0.2, 0.25) is 5.88 Å². The summed E-state index contributed by atoms with van der Waals surface area (Å²) in [6.45, 7) is 2.13. The van der Waals surface area contributed by atoms with Crippen molar-refractivity contribution >= 4 is 11.7 Å². The van der Waals surface area contributed by atoms with Gasteiger partial charge in [0.1, 0.15) is 13.7 Å². The highest BCUT2D eigenvalue weighted by atomic mass is 16.6. The fourth-order valence-electron chi connectivity index (χ4n) is 2.01. The topological polar surface area (TPSA) is 70.0 Å². The number of hydrogen-bond acceptors (Lipinski definition) is 6. The lowest BCUT2D eigenvalue weighted by atomic mass is 10.0. The standard InChI is InChI=1S/C17H18N2O4/c1-12-7-6-10-15(18-12)23-11-13-8-4-5-9-14(13)16(19-22-3)17(20)21-2/h4-10H,11H2,1-3H3. The molecule has 1 heterocycles. The van der Waals surface area contributed by atoms with Gasteiger partial charge in [-0.15, -0.1) is 0 Å². The highest BCUT2D eigenvalue weighted by molar-refractivity contribution is 6.43. The molecule has 0 aliphatic rings. The molecule has 2 aromatic rings. The summed E-state index contributed by atoms with van der Waals surface area (Å²) in [7, 11) is 2.67. The molecule has 0 aliphatic carbocycles. The van der Waals surface area contributed by atoms with E-state index in [0.717, 1.165) is 11.3 Å². The molecule has 0 radical (unpaired) electrons. The van der Waals surface area contributed by atoms with Crippen LogP contribution in [0.15, 0.2) is 47.6 Å². The molecule has 23 heavy (non-hydrogen) atoms. The van der Waals surface area contributed by atoms with Crippen LogP contribution in [-0.4, -0.2) is 30.9 Å². The lowest BCUT2D eigenvalue weighted by molar-refractivity contribution is -0.132. The van der Waals surface area contributed by atoms with Crippen molar-refractivity contribution < 1.29 is 19.1 Å². The normalized spacial score (nSPS) is 11.0. The van der Waals surface area contributed by atoms with Crippen LogP contribution in [0.5, 0.6) is 5.88 Å². The molecule has 1 aromatic heterocycles. The van der Waals surface area contributed by atoms with Crippen LogP contribution in [0.1, 0.15) is 16.8 Å². The zero-order valence-electron chi connectivity index (χ0n) is 13.3. The maximum atomic E-state index is 11.9. The number of carbonyl (C=O) groups is 1. The van der Waals surface area contributed by atoms with Crippen molar-refractivity contribution in [2.75, 3.05) is 14.2 Å². The summed E-state index contributed by atoms with van der Waals surface area (Å²) in [6.07, 6.45) is 0. The number of aromatic nitrogens is 1. The van der Waals surface area contributed by atoms with Crippen molar-refractivity contribution in [1.82, 2.24) is 4.98 Å². The quantitative estimate of drug-likeness (QED) is 0.465. The molecule has 0 aliphatic heterocycles. The second-order valence-corrected chi connectivity index (χ2v) is 4.68. The van der Waals surface area contributed by atoms with Crippen LogP contribution in [0, 0.1) is 6.92 Å². The molecule has 2 rings (SSSR count). The number of pyridine rings is 1. The van der Waals surface area contributed by atoms with Gasteiger partial charge in [0, 0.05) is 17.3 Å². The number of esters is 1. The Balaban J connectivity index is 2.26. The Kier molecular flexibility index (Phi) is 5.68. The second kappa shape index (κ2) is 7.93. The number of hydrogen-bond donors (Lipinski definition) is 0. The van der Waals surface area contributed by atoms with Gasteiger partial charge in [-0.3, -0.25) is 0 Å². The van der Waals surface area contributed by atoms with Gasteiger partial charge in [0.05, 0.1) is 7.11 Å². The van der Waals surface area contributed by atoms with Crippen molar-refractivity contribution in [3.8, 4) is 5.88 Å². The molecule has 120 valence electrons. The molecule has 0 atom stereocenters. The third-order valence-corrected chi connectivity index (χ3v) is 3.07. The largest absolute Gasteiger partial charge is 0.473 e. The van der Waals surface area contributed by atoms with Gasteiger partial charge in [0.15, 0.2) is 5.71 Å². The molecule has 0 fully saturated rings. The highest BCUT2D eigenvalue weighted by Gasteiger charge is 2.19. The molecule has 0 saturated heterocycles. The first-order chi connectivity index (χ1) is 11.2. The number of carbonyl (C=O) groups excluding carboxylic acids is 1. The zero-order valence-corrected chi connectivity index (χ0v) is 13.3. The predicted molar refractivity (Wildman–Crippen MR) is 85.3 cm³/mol. The van der Waals surface area contributed by atoms with Crippen LogP contribution in [0.25, 0.3) is 0 Å². The van der Waals surface area contributed by atoms with Gasteiger partial charge < -0.3 is 14.3 Å². The average molecular weight is 314 g/mol. The molecule has 6 heteroatoms. The molecule has 0 N–H and O–H groups in total. The first-order valence-electron chi connectivity index (χ1n) is 7.00. The Hall–Kier alpha value is -2.89. The molecule has 0 unspecified atom stereocenters. The van der Waals surface area contributed by atoms with E-state index in [1.54, 1.807) is 18.2 Å². The van der Waals surface area contributed by atoms with Gasteiger partial charge >= 0.3 is 5.97 Å². The minimum absolute atomic E-state index is 0.0893. The first kappa shape index (κ1) is 16.5. The third-order valence-electron chi connectivity index (χ3n) is 3.07. The molecule has 6 nitrogen and oxygen atoms in total. The number of ether oxygens (including phenoxy) is 2. The number of oxime groups is 1. The van der Waals surface area contributed by atoms with Gasteiger partial charge in [0.25, 0.3) is 0 Å². The smallest absolute Gasteiger partial charge is 0.360 e. The number of aryl methyl sites for hydroxylation is 1. The highest BCUT2D eigenvalue weighted by Crippen LogP contribution is 2.15. The Labute approximate surface area is 134 Å². The summed E-state index contributed by atoms with van der Waals surface area (Å²) < 4.78 is 10.4. The van der Waals surface area contributed by atoms with Crippen LogP contribution in [0.4, 0.5) is 0 Å². The molecular formula is C17H18N2O4. The zero-order chi connectivity index (χ0) is 16.7. The van der Waals surface area contributed by atoms with E-state index < -0.39 is 5.97 Å². The minimum Gasteiger partial charge on any atom is -0.473 e. The Morgan fingerprint density at radius 1 is 1.13 bits per heavy atom. The molecule has 0 bridgehead atoms. The number of nitrogens with zero attached hydrogens (tertiary/aromatic N) is 2. The number of rotatable bonds is 6. The van der Waals surface area contributed by atoms with E-state index in [1.807, 2.05) is 31.2 Å². The SMILES string of the molecule is CON=C(C(=O)OC)c1ccccc1COc1cccc(C)n1. The number of methoxy groups -OCH3 is 1. The van der Waals surface area contributed by atoms with Crippen molar-refractivity contribution in [3.05, 3.63) is 59.3 Å². The van der Waals surface area contributed by atoms with Gasteiger partial charge in [-0.2, -0.15) is 0 Å². The van der Waals surface area contributed by atoms with Crippen molar-refractivity contribution in [1.29, 1.82) is 0 Å². The van der Waals surface area contributed by atoms with Crippen LogP contribution < -0.4 is 4.74 Å². The summed E-state index contributed by atoms with van der Waals surface area (Å²) >= 11 is 0.